The van der Waals surface area contributed by atoms with Crippen LogP contribution in [0.3, 0.4) is 0 Å². The first-order valence-electron chi connectivity index (χ1n) is 8.91. The van der Waals surface area contributed by atoms with Gasteiger partial charge in [0.05, 0.1) is 20.1 Å². The molecule has 26 heavy (non-hydrogen) atoms. The van der Waals surface area contributed by atoms with Gasteiger partial charge in [-0.15, -0.1) is 22.7 Å². The summed E-state index contributed by atoms with van der Waals surface area (Å²) in [7, 11) is 0. The molecule has 1 saturated heterocycles. The number of piperidine rings is 1. The van der Waals surface area contributed by atoms with Crippen LogP contribution in [0.5, 0.6) is 0 Å². The summed E-state index contributed by atoms with van der Waals surface area (Å²) in [5.41, 5.74) is 1.07. The van der Waals surface area contributed by atoms with E-state index in [1.807, 2.05) is 29.2 Å². The van der Waals surface area contributed by atoms with Gasteiger partial charge in [0, 0.05) is 23.7 Å². The van der Waals surface area contributed by atoms with Crippen molar-refractivity contribution in [3.05, 3.63) is 64.5 Å². The molecule has 4 aromatic rings. The van der Waals surface area contributed by atoms with Gasteiger partial charge in [-0.25, -0.2) is 4.98 Å². The Morgan fingerprint density at radius 2 is 1.85 bits per heavy atom. The van der Waals surface area contributed by atoms with E-state index in [0.29, 0.717) is 5.92 Å². The molecule has 0 bridgehead atoms. The van der Waals surface area contributed by atoms with Gasteiger partial charge in [0.25, 0.3) is 5.91 Å². The molecule has 0 radical (unpaired) electrons. The minimum atomic E-state index is 0.164. The average Bonchev–Trinajstić information content (AvgIpc) is 3.31. The van der Waals surface area contributed by atoms with E-state index in [2.05, 4.69) is 30.3 Å². The first-order valence-corrected chi connectivity index (χ1v) is 10.5. The molecule has 3 nitrogen and oxygen atoms in total. The number of carbonyl (C=O) groups is 1. The fourth-order valence-corrected chi connectivity index (χ4v) is 5.79. The number of benzene rings is 2. The Balaban J connectivity index is 1.40. The van der Waals surface area contributed by atoms with Crippen molar-refractivity contribution < 1.29 is 4.79 Å². The Morgan fingerprint density at radius 3 is 2.69 bits per heavy atom. The number of thiazole rings is 1. The van der Waals surface area contributed by atoms with E-state index in [-0.39, 0.29) is 5.91 Å². The lowest BCUT2D eigenvalue weighted by Crippen LogP contribution is -2.38. The molecule has 0 N–H and O–H groups in total. The highest BCUT2D eigenvalue weighted by atomic mass is 32.1. The van der Waals surface area contributed by atoms with Gasteiger partial charge in [0.1, 0.15) is 0 Å². The molecule has 1 unspecified atom stereocenters. The summed E-state index contributed by atoms with van der Waals surface area (Å²) in [6, 6.07) is 18.5. The zero-order chi connectivity index (χ0) is 17.5. The van der Waals surface area contributed by atoms with Crippen LogP contribution in [0.1, 0.15) is 33.4 Å². The van der Waals surface area contributed by atoms with Gasteiger partial charge in [0.2, 0.25) is 0 Å². The summed E-state index contributed by atoms with van der Waals surface area (Å²) >= 11 is 3.37. The second-order valence-electron chi connectivity index (χ2n) is 6.76. The second kappa shape index (κ2) is 6.49. The Hall–Kier alpha value is -2.24. The average molecular weight is 379 g/mol. The summed E-state index contributed by atoms with van der Waals surface area (Å²) < 4.78 is 2.41. The molecule has 5 rings (SSSR count). The van der Waals surface area contributed by atoms with Crippen LogP contribution >= 0.6 is 22.7 Å². The SMILES string of the molecule is O=C(c1cc2ccccc2s1)N1CCCC(c2nc3ccccc3s2)C1. The molecular formula is C21H18N2OS2. The summed E-state index contributed by atoms with van der Waals surface area (Å²) in [5, 5.41) is 2.32. The summed E-state index contributed by atoms with van der Waals surface area (Å²) in [4.78, 5) is 20.7. The number of likely N-dealkylation sites (tertiary alicyclic amines) is 1. The maximum atomic E-state index is 13.0. The zero-order valence-electron chi connectivity index (χ0n) is 14.2. The summed E-state index contributed by atoms with van der Waals surface area (Å²) in [5.74, 6) is 0.511. The number of nitrogens with zero attached hydrogens (tertiary/aromatic N) is 2. The summed E-state index contributed by atoms with van der Waals surface area (Å²) in [6.07, 6.45) is 2.15. The molecule has 2 aromatic carbocycles. The number of hydrogen-bond donors (Lipinski definition) is 0. The van der Waals surface area contributed by atoms with Crippen molar-refractivity contribution in [1.82, 2.24) is 9.88 Å². The fraction of sp³-hybridized carbons (Fsp3) is 0.238. The summed E-state index contributed by atoms with van der Waals surface area (Å²) in [6.45, 7) is 1.61. The lowest BCUT2D eigenvalue weighted by molar-refractivity contribution is 0.0712. The van der Waals surface area contributed by atoms with E-state index < -0.39 is 0 Å². The number of aromatic nitrogens is 1. The molecule has 130 valence electrons. The predicted molar refractivity (Wildman–Crippen MR) is 109 cm³/mol. The first kappa shape index (κ1) is 16.0. The highest BCUT2D eigenvalue weighted by molar-refractivity contribution is 7.20. The lowest BCUT2D eigenvalue weighted by atomic mass is 9.98. The van der Waals surface area contributed by atoms with Crippen LogP contribution in [0.15, 0.2) is 54.6 Å². The Morgan fingerprint density at radius 1 is 1.04 bits per heavy atom. The van der Waals surface area contributed by atoms with E-state index in [1.54, 1.807) is 22.7 Å². The van der Waals surface area contributed by atoms with Gasteiger partial charge >= 0.3 is 0 Å². The minimum absolute atomic E-state index is 0.164. The van der Waals surface area contributed by atoms with E-state index in [1.165, 1.54) is 14.4 Å². The number of amides is 1. The van der Waals surface area contributed by atoms with E-state index >= 15 is 0 Å². The van der Waals surface area contributed by atoms with Crippen LogP contribution < -0.4 is 0 Å². The minimum Gasteiger partial charge on any atom is -0.337 e. The molecule has 1 atom stereocenters. The quantitative estimate of drug-likeness (QED) is 0.459. The van der Waals surface area contributed by atoms with Crippen molar-refractivity contribution in [2.45, 2.75) is 18.8 Å². The van der Waals surface area contributed by atoms with Crippen LogP contribution in [0.25, 0.3) is 20.3 Å². The molecule has 1 fully saturated rings. The molecule has 2 aromatic heterocycles. The van der Waals surface area contributed by atoms with Crippen molar-refractivity contribution in [2.75, 3.05) is 13.1 Å². The van der Waals surface area contributed by atoms with Crippen molar-refractivity contribution >= 4 is 48.9 Å². The maximum Gasteiger partial charge on any atom is 0.263 e. The first-order chi connectivity index (χ1) is 12.8. The maximum absolute atomic E-state index is 13.0. The fourth-order valence-electron chi connectivity index (χ4n) is 3.67. The molecule has 0 saturated carbocycles. The number of carbonyl (C=O) groups excluding carboxylic acids is 1. The Bertz CT molecular complexity index is 1030. The highest BCUT2D eigenvalue weighted by Gasteiger charge is 2.28. The third-order valence-electron chi connectivity index (χ3n) is 5.00. The van der Waals surface area contributed by atoms with Crippen molar-refractivity contribution in [3.63, 3.8) is 0 Å². The van der Waals surface area contributed by atoms with Gasteiger partial charge in [-0.3, -0.25) is 4.79 Å². The number of fused-ring (bicyclic) bond motifs is 2. The molecule has 5 heteroatoms. The normalized spacial score (nSPS) is 17.8. The number of thiophene rings is 1. The molecule has 0 aliphatic carbocycles. The lowest BCUT2D eigenvalue weighted by Gasteiger charge is -2.31. The van der Waals surface area contributed by atoms with Gasteiger partial charge in [-0.05, 0) is 42.5 Å². The zero-order valence-corrected chi connectivity index (χ0v) is 15.9. The highest BCUT2D eigenvalue weighted by Crippen LogP contribution is 2.34. The van der Waals surface area contributed by atoms with Crippen LogP contribution in [0.2, 0.25) is 0 Å². The van der Waals surface area contributed by atoms with Crippen LogP contribution in [-0.2, 0) is 0 Å². The van der Waals surface area contributed by atoms with Crippen LogP contribution in [0, 0.1) is 0 Å². The molecule has 1 amide bonds. The standard InChI is InChI=1S/C21H18N2OS2/c24-21(19-12-14-6-1-3-9-17(14)25-19)23-11-5-7-15(13-23)20-22-16-8-2-4-10-18(16)26-20/h1-4,6,8-10,12,15H,5,7,11,13H2. The smallest absolute Gasteiger partial charge is 0.263 e. The van der Waals surface area contributed by atoms with Crippen LogP contribution in [0.4, 0.5) is 0 Å². The number of para-hydroxylation sites is 1. The van der Waals surface area contributed by atoms with E-state index in [4.69, 9.17) is 4.98 Å². The largest absolute Gasteiger partial charge is 0.337 e. The van der Waals surface area contributed by atoms with Crippen LogP contribution in [-0.4, -0.2) is 28.9 Å². The molecule has 1 aliphatic rings. The van der Waals surface area contributed by atoms with Gasteiger partial charge < -0.3 is 4.90 Å². The van der Waals surface area contributed by atoms with Gasteiger partial charge in [-0.2, -0.15) is 0 Å². The van der Waals surface area contributed by atoms with Crippen molar-refractivity contribution in [1.29, 1.82) is 0 Å². The number of hydrogen-bond acceptors (Lipinski definition) is 4. The van der Waals surface area contributed by atoms with Gasteiger partial charge in [0.15, 0.2) is 0 Å². The number of rotatable bonds is 2. The van der Waals surface area contributed by atoms with E-state index in [9.17, 15) is 4.79 Å². The molecule has 3 heterocycles. The Kier molecular flexibility index (Phi) is 3.98. The molecule has 0 spiro atoms. The van der Waals surface area contributed by atoms with E-state index in [0.717, 1.165) is 41.7 Å². The monoisotopic (exact) mass is 378 g/mol. The van der Waals surface area contributed by atoms with Crippen molar-refractivity contribution in [2.24, 2.45) is 0 Å². The second-order valence-corrected chi connectivity index (χ2v) is 8.90. The third kappa shape index (κ3) is 2.81. The Labute approximate surface area is 159 Å². The third-order valence-corrected chi connectivity index (χ3v) is 7.31. The van der Waals surface area contributed by atoms with Crippen molar-refractivity contribution in [3.8, 4) is 0 Å². The van der Waals surface area contributed by atoms with Gasteiger partial charge in [-0.1, -0.05) is 30.3 Å². The molecular weight excluding hydrogens is 360 g/mol. The predicted octanol–water partition coefficient (Wildman–Crippen LogP) is 5.53. The topological polar surface area (TPSA) is 33.2 Å². The molecule has 1 aliphatic heterocycles.